The zero-order valence-corrected chi connectivity index (χ0v) is 11.5. The number of pyridine rings is 1. The molecular weight excluding hydrogens is 282 g/mol. The molecule has 0 spiro atoms. The van der Waals surface area contributed by atoms with Crippen molar-refractivity contribution in [2.45, 2.75) is 17.9 Å². The van der Waals surface area contributed by atoms with E-state index in [1.807, 2.05) is 0 Å². The second-order valence-electron chi connectivity index (χ2n) is 4.27. The van der Waals surface area contributed by atoms with E-state index in [1.54, 1.807) is 16.8 Å². The Kier molecular flexibility index (Phi) is 4.79. The summed E-state index contributed by atoms with van der Waals surface area (Å²) in [6.07, 6.45) is 2.33. The van der Waals surface area contributed by atoms with Crippen LogP contribution >= 0.6 is 11.8 Å². The highest BCUT2D eigenvalue weighted by molar-refractivity contribution is 7.99. The maximum Gasteiger partial charge on any atom is 0.250 e. The molecule has 2 aromatic rings. The van der Waals surface area contributed by atoms with Crippen molar-refractivity contribution in [3.63, 3.8) is 0 Å². The highest BCUT2D eigenvalue weighted by atomic mass is 32.2. The van der Waals surface area contributed by atoms with Crippen molar-refractivity contribution >= 4 is 17.4 Å². The van der Waals surface area contributed by atoms with E-state index in [0.29, 0.717) is 22.9 Å². The minimum absolute atomic E-state index is 0.1000. The van der Waals surface area contributed by atoms with Gasteiger partial charge >= 0.3 is 0 Å². The number of aryl methyl sites for hydroxylation is 1. The van der Waals surface area contributed by atoms with Crippen molar-refractivity contribution in [3.05, 3.63) is 58.5 Å². The summed E-state index contributed by atoms with van der Waals surface area (Å²) in [4.78, 5) is 12.2. The molecule has 1 heterocycles. The zero-order valence-electron chi connectivity index (χ0n) is 10.7. The molecular formula is C14H14F2N2OS. The Morgan fingerprint density at radius 3 is 2.70 bits per heavy atom. The van der Waals surface area contributed by atoms with Crippen LogP contribution in [0.3, 0.4) is 0 Å². The van der Waals surface area contributed by atoms with E-state index in [-0.39, 0.29) is 5.56 Å². The van der Waals surface area contributed by atoms with Gasteiger partial charge in [-0.15, -0.1) is 11.8 Å². The average molecular weight is 296 g/mol. The Morgan fingerprint density at radius 1 is 1.15 bits per heavy atom. The monoisotopic (exact) mass is 296 g/mol. The smallest absolute Gasteiger partial charge is 0.250 e. The topological polar surface area (TPSA) is 48.0 Å². The fraction of sp³-hybridized carbons (Fsp3) is 0.214. The van der Waals surface area contributed by atoms with Crippen molar-refractivity contribution in [3.8, 4) is 0 Å². The summed E-state index contributed by atoms with van der Waals surface area (Å²) < 4.78 is 27.3. The Labute approximate surface area is 119 Å². The number of benzene rings is 1. The van der Waals surface area contributed by atoms with Crippen LogP contribution in [-0.4, -0.2) is 10.3 Å². The van der Waals surface area contributed by atoms with Gasteiger partial charge in [-0.3, -0.25) is 4.79 Å². The Bertz CT molecular complexity index is 658. The molecule has 20 heavy (non-hydrogen) atoms. The molecule has 2 N–H and O–H groups in total. The highest BCUT2D eigenvalue weighted by Crippen LogP contribution is 2.21. The fourth-order valence-corrected chi connectivity index (χ4v) is 2.58. The molecule has 0 saturated carbocycles. The maximum atomic E-state index is 13.0. The van der Waals surface area contributed by atoms with E-state index in [9.17, 15) is 13.6 Å². The molecule has 6 heteroatoms. The number of hydrogen-bond acceptors (Lipinski definition) is 3. The normalized spacial score (nSPS) is 10.7. The summed E-state index contributed by atoms with van der Waals surface area (Å²) >= 11 is 1.42. The van der Waals surface area contributed by atoms with Crippen LogP contribution in [0.15, 0.2) is 46.2 Å². The number of nitrogens with two attached hydrogens (primary N) is 1. The molecule has 0 fully saturated rings. The lowest BCUT2D eigenvalue weighted by molar-refractivity contribution is 0.506. The van der Waals surface area contributed by atoms with Crippen LogP contribution in [0.2, 0.25) is 0 Å². The summed E-state index contributed by atoms with van der Waals surface area (Å²) in [5, 5.41) is 0. The van der Waals surface area contributed by atoms with Gasteiger partial charge in [0.25, 0.3) is 5.56 Å². The quantitative estimate of drug-likeness (QED) is 0.682. The number of nitrogen functional groups attached to an aromatic ring is 1. The molecule has 0 aliphatic rings. The number of rotatable bonds is 5. The third kappa shape index (κ3) is 3.84. The van der Waals surface area contributed by atoms with Crippen molar-refractivity contribution in [2.24, 2.45) is 0 Å². The van der Waals surface area contributed by atoms with Gasteiger partial charge in [0.2, 0.25) is 0 Å². The molecule has 0 amide bonds. The SMILES string of the molecule is Nc1ccc(=O)n(CCCSc2ccc(F)c(F)c2)c1. The Balaban J connectivity index is 1.86. The van der Waals surface area contributed by atoms with E-state index in [1.165, 1.54) is 30.0 Å². The first kappa shape index (κ1) is 14.6. The molecule has 0 atom stereocenters. The maximum absolute atomic E-state index is 13.0. The fourth-order valence-electron chi connectivity index (χ4n) is 1.72. The molecule has 0 bridgehead atoms. The number of nitrogens with zero attached hydrogens (tertiary/aromatic N) is 1. The average Bonchev–Trinajstić information content (AvgIpc) is 2.42. The van der Waals surface area contributed by atoms with Gasteiger partial charge in [-0.25, -0.2) is 8.78 Å². The van der Waals surface area contributed by atoms with Crippen LogP contribution in [0.25, 0.3) is 0 Å². The minimum atomic E-state index is -0.847. The van der Waals surface area contributed by atoms with Crippen LogP contribution in [0.5, 0.6) is 0 Å². The van der Waals surface area contributed by atoms with Gasteiger partial charge < -0.3 is 10.3 Å². The molecule has 0 unspecified atom stereocenters. The van der Waals surface area contributed by atoms with Crippen molar-refractivity contribution in [1.29, 1.82) is 0 Å². The van der Waals surface area contributed by atoms with Gasteiger partial charge in [-0.05, 0) is 36.4 Å². The third-order valence-corrected chi connectivity index (χ3v) is 3.79. The lowest BCUT2D eigenvalue weighted by Gasteiger charge is -2.06. The molecule has 0 saturated heterocycles. The van der Waals surface area contributed by atoms with Crippen molar-refractivity contribution < 1.29 is 8.78 Å². The van der Waals surface area contributed by atoms with Crippen LogP contribution in [0, 0.1) is 11.6 Å². The largest absolute Gasteiger partial charge is 0.398 e. The summed E-state index contributed by atoms with van der Waals surface area (Å²) in [5.41, 5.74) is 6.05. The number of anilines is 1. The van der Waals surface area contributed by atoms with Crippen molar-refractivity contribution in [2.75, 3.05) is 11.5 Å². The van der Waals surface area contributed by atoms with E-state index in [4.69, 9.17) is 5.73 Å². The molecule has 0 radical (unpaired) electrons. The molecule has 0 aliphatic heterocycles. The van der Waals surface area contributed by atoms with E-state index in [2.05, 4.69) is 0 Å². The number of thioether (sulfide) groups is 1. The van der Waals surface area contributed by atoms with Crippen LogP contribution < -0.4 is 11.3 Å². The van der Waals surface area contributed by atoms with Crippen LogP contribution in [-0.2, 0) is 6.54 Å². The minimum Gasteiger partial charge on any atom is -0.398 e. The summed E-state index contributed by atoms with van der Waals surface area (Å²) in [6.45, 7) is 0.542. The number of aromatic nitrogens is 1. The summed E-state index contributed by atoms with van der Waals surface area (Å²) in [5.74, 6) is -0.991. The van der Waals surface area contributed by atoms with E-state index >= 15 is 0 Å². The molecule has 0 aliphatic carbocycles. The lowest BCUT2D eigenvalue weighted by atomic mass is 10.3. The summed E-state index contributed by atoms with van der Waals surface area (Å²) in [6, 6.07) is 6.81. The van der Waals surface area contributed by atoms with Crippen molar-refractivity contribution in [1.82, 2.24) is 4.57 Å². The predicted molar refractivity (Wildman–Crippen MR) is 76.8 cm³/mol. The predicted octanol–water partition coefficient (Wildman–Crippen LogP) is 2.89. The molecule has 1 aromatic carbocycles. The lowest BCUT2D eigenvalue weighted by Crippen LogP contribution is -2.19. The highest BCUT2D eigenvalue weighted by Gasteiger charge is 2.03. The molecule has 106 valence electrons. The van der Waals surface area contributed by atoms with Gasteiger partial charge in [-0.2, -0.15) is 0 Å². The van der Waals surface area contributed by atoms with Crippen LogP contribution in [0.4, 0.5) is 14.5 Å². The van der Waals surface area contributed by atoms with E-state index < -0.39 is 11.6 Å². The second-order valence-corrected chi connectivity index (χ2v) is 5.44. The number of halogens is 2. The van der Waals surface area contributed by atoms with Gasteiger partial charge in [-0.1, -0.05) is 0 Å². The number of hydrogen-bond donors (Lipinski definition) is 1. The van der Waals surface area contributed by atoms with Gasteiger partial charge in [0.15, 0.2) is 11.6 Å². The Morgan fingerprint density at radius 2 is 1.95 bits per heavy atom. The Hall–Kier alpha value is -1.82. The standard InChI is InChI=1S/C14H14F2N2OS/c15-12-4-3-11(8-13(12)16)20-7-1-6-18-9-10(17)2-5-14(18)19/h2-5,8-9H,1,6-7,17H2. The van der Waals surface area contributed by atoms with Gasteiger partial charge in [0.1, 0.15) is 0 Å². The zero-order chi connectivity index (χ0) is 14.5. The third-order valence-electron chi connectivity index (χ3n) is 2.71. The first-order chi connectivity index (χ1) is 9.56. The second kappa shape index (κ2) is 6.56. The van der Waals surface area contributed by atoms with Gasteiger partial charge in [0, 0.05) is 29.4 Å². The first-order valence-electron chi connectivity index (χ1n) is 6.10. The summed E-state index contributed by atoms with van der Waals surface area (Å²) in [7, 11) is 0. The molecule has 2 rings (SSSR count). The van der Waals surface area contributed by atoms with E-state index in [0.717, 1.165) is 12.5 Å². The molecule has 1 aromatic heterocycles. The first-order valence-corrected chi connectivity index (χ1v) is 7.08. The van der Waals surface area contributed by atoms with Gasteiger partial charge in [0.05, 0.1) is 0 Å². The van der Waals surface area contributed by atoms with Crippen LogP contribution in [0.1, 0.15) is 6.42 Å². The molecule has 3 nitrogen and oxygen atoms in total.